The lowest BCUT2D eigenvalue weighted by molar-refractivity contribution is -0.224. The van der Waals surface area contributed by atoms with E-state index in [4.69, 9.17) is 24.2 Å². The first-order valence-electron chi connectivity index (χ1n) is 17.3. The van der Waals surface area contributed by atoms with Crippen LogP contribution in [0.1, 0.15) is 86.8 Å². The first-order valence-corrected chi connectivity index (χ1v) is 17.3. The van der Waals surface area contributed by atoms with Crippen LogP contribution in [0.3, 0.4) is 0 Å². The van der Waals surface area contributed by atoms with Gasteiger partial charge in [0.25, 0.3) is 0 Å². The van der Waals surface area contributed by atoms with Gasteiger partial charge in [0, 0.05) is 37.0 Å². The van der Waals surface area contributed by atoms with E-state index in [1.165, 1.54) is 19.2 Å². The summed E-state index contributed by atoms with van der Waals surface area (Å²) in [5.74, 6) is 0.511. The Morgan fingerprint density at radius 1 is 1.00 bits per heavy atom. The number of nitrogens with one attached hydrogen (secondary N) is 3. The molecule has 0 saturated heterocycles. The Bertz CT molecular complexity index is 1770. The third-order valence-electron chi connectivity index (χ3n) is 8.01. The molecule has 2 aromatic carbocycles. The van der Waals surface area contributed by atoms with Crippen LogP contribution in [0.4, 0.5) is 23.8 Å². The molecule has 2 heterocycles. The maximum absolute atomic E-state index is 14.0. The number of aromatic amines is 1. The zero-order valence-corrected chi connectivity index (χ0v) is 30.2. The Morgan fingerprint density at radius 2 is 1.75 bits per heavy atom. The zero-order valence-electron chi connectivity index (χ0n) is 30.2. The van der Waals surface area contributed by atoms with Crippen LogP contribution in [0.5, 0.6) is 0 Å². The highest BCUT2D eigenvalue weighted by atomic mass is 19.4. The second-order valence-electron chi connectivity index (χ2n) is 13.5. The summed E-state index contributed by atoms with van der Waals surface area (Å²) in [5, 5.41) is 7.76. The number of rotatable bonds is 17. The fourth-order valence-corrected chi connectivity index (χ4v) is 5.59. The van der Waals surface area contributed by atoms with E-state index in [-0.39, 0.29) is 18.6 Å². The van der Waals surface area contributed by atoms with Crippen molar-refractivity contribution in [3.8, 4) is 0 Å². The van der Waals surface area contributed by atoms with E-state index in [1.807, 2.05) is 40.8 Å². The summed E-state index contributed by atoms with van der Waals surface area (Å²) < 4.78 is 57.3. The summed E-state index contributed by atoms with van der Waals surface area (Å²) in [6.07, 6.45) is -4.03. The van der Waals surface area contributed by atoms with E-state index < -0.39 is 29.9 Å². The molecule has 0 saturated carbocycles. The normalized spacial score (nSPS) is 12.7. The monoisotopic (exact) mass is 714 g/mol. The number of hydrogen-bond donors (Lipinski definition) is 3. The number of benzene rings is 2. The number of esters is 1. The van der Waals surface area contributed by atoms with Crippen molar-refractivity contribution >= 4 is 39.8 Å². The molecule has 0 spiro atoms. The van der Waals surface area contributed by atoms with Crippen LogP contribution in [0, 0.1) is 0 Å². The molecule has 4 aromatic rings. The summed E-state index contributed by atoms with van der Waals surface area (Å²) in [6.45, 7) is 10.0. The van der Waals surface area contributed by atoms with Crippen molar-refractivity contribution < 1.29 is 37.0 Å². The van der Waals surface area contributed by atoms with Crippen molar-refractivity contribution in [1.29, 1.82) is 0 Å². The molecular formula is C37H49F3N6O5. The number of aromatic nitrogens is 3. The number of amides is 1. The molecule has 0 aliphatic heterocycles. The Balaban J connectivity index is 1.50. The van der Waals surface area contributed by atoms with Gasteiger partial charge in [-0.2, -0.15) is 13.2 Å². The number of fused-ring (bicyclic) bond motifs is 3. The lowest BCUT2D eigenvalue weighted by Crippen LogP contribution is -2.34. The van der Waals surface area contributed by atoms with Crippen molar-refractivity contribution in [2.24, 2.45) is 0 Å². The van der Waals surface area contributed by atoms with Gasteiger partial charge in [0.05, 0.1) is 18.1 Å². The Morgan fingerprint density at radius 3 is 2.43 bits per heavy atom. The zero-order chi connectivity index (χ0) is 37.2. The minimum absolute atomic E-state index is 0.0128. The summed E-state index contributed by atoms with van der Waals surface area (Å²) in [6, 6.07) is 11.4. The number of H-pyrrole nitrogens is 1. The quantitative estimate of drug-likeness (QED) is 0.0750. The molecule has 51 heavy (non-hydrogen) atoms. The van der Waals surface area contributed by atoms with Crippen LogP contribution in [-0.2, 0) is 20.6 Å². The van der Waals surface area contributed by atoms with E-state index >= 15 is 0 Å². The number of anilines is 1. The van der Waals surface area contributed by atoms with E-state index in [0.717, 1.165) is 43.1 Å². The third kappa shape index (κ3) is 11.5. The molecule has 1 atom stereocenters. The number of alkyl carbamates (subject to hydrolysis) is 1. The van der Waals surface area contributed by atoms with Crippen LogP contribution in [0.25, 0.3) is 21.9 Å². The van der Waals surface area contributed by atoms with Gasteiger partial charge in [-0.15, -0.1) is 0 Å². The molecule has 1 amide bonds. The number of unbranched alkanes of at least 4 members (excludes halogenated alkanes) is 1. The number of ether oxygens (including phenoxy) is 3. The molecule has 4 rings (SSSR count). The van der Waals surface area contributed by atoms with E-state index in [0.29, 0.717) is 53.4 Å². The molecule has 11 nitrogen and oxygen atoms in total. The number of methoxy groups -OCH3 is 1. The maximum atomic E-state index is 14.0. The topological polar surface area (TPSA) is 131 Å². The Labute approximate surface area is 296 Å². The lowest BCUT2D eigenvalue weighted by atomic mass is 10.0. The second-order valence-corrected chi connectivity index (χ2v) is 13.5. The molecule has 3 N–H and O–H groups in total. The van der Waals surface area contributed by atoms with Gasteiger partial charge in [0.2, 0.25) is 0 Å². The van der Waals surface area contributed by atoms with Gasteiger partial charge in [-0.1, -0.05) is 43.7 Å². The van der Waals surface area contributed by atoms with Crippen LogP contribution >= 0.6 is 0 Å². The van der Waals surface area contributed by atoms with Crippen LogP contribution in [-0.4, -0.2) is 90.6 Å². The minimum Gasteiger partial charge on any atom is -0.465 e. The summed E-state index contributed by atoms with van der Waals surface area (Å²) >= 11 is 0. The Kier molecular flexibility index (Phi) is 13.6. The maximum Gasteiger partial charge on any atom is 0.418 e. The molecule has 0 radical (unpaired) electrons. The molecule has 278 valence electrons. The number of hydrogen-bond acceptors (Lipinski definition) is 9. The van der Waals surface area contributed by atoms with Crippen molar-refractivity contribution in [2.45, 2.75) is 77.7 Å². The highest BCUT2D eigenvalue weighted by Crippen LogP contribution is 2.37. The summed E-state index contributed by atoms with van der Waals surface area (Å²) in [4.78, 5) is 39.1. The lowest BCUT2D eigenvalue weighted by Gasteiger charge is -2.21. The number of halogens is 3. The van der Waals surface area contributed by atoms with E-state index in [2.05, 4.69) is 20.5 Å². The average molecular weight is 715 g/mol. The summed E-state index contributed by atoms with van der Waals surface area (Å²) in [5.41, 5.74) is 1.67. The average Bonchev–Trinajstić information content (AvgIpc) is 3.43. The van der Waals surface area contributed by atoms with Gasteiger partial charge in [-0.25, -0.2) is 19.6 Å². The summed E-state index contributed by atoms with van der Waals surface area (Å²) in [7, 11) is 3.33. The third-order valence-corrected chi connectivity index (χ3v) is 8.01. The van der Waals surface area contributed by atoms with Gasteiger partial charge >= 0.3 is 18.2 Å². The van der Waals surface area contributed by atoms with E-state index in [1.54, 1.807) is 24.3 Å². The van der Waals surface area contributed by atoms with Crippen LogP contribution < -0.4 is 10.6 Å². The van der Waals surface area contributed by atoms with Crippen molar-refractivity contribution in [2.75, 3.05) is 52.3 Å². The van der Waals surface area contributed by atoms with Gasteiger partial charge in [-0.3, -0.25) is 0 Å². The van der Waals surface area contributed by atoms with Crippen LogP contribution in [0.15, 0.2) is 42.5 Å². The highest BCUT2D eigenvalue weighted by Gasteiger charge is 2.41. The molecule has 0 fully saturated rings. The molecular weight excluding hydrogens is 665 g/mol. The standard InChI is InChI=1S/C37H49F3N6O5/c1-7-8-20-50-31(37(38,39)40)25-13-9-12-24(21-25)22-29-44-32(30-27-15-14-26(34(47)49-6)23-28(27)43-33(30)45-29)41-16-10-18-46(5)19-11-17-42-35(48)51-36(2,3)4/h9,12-15,21,23,31H,7-8,10-11,16-20,22H2,1-6H3,(H,42,48)(H2,41,43,44,45). The van der Waals surface area contributed by atoms with Gasteiger partial charge < -0.3 is 34.7 Å². The number of carbonyl (C=O) groups excluding carboxylic acids is 2. The smallest absolute Gasteiger partial charge is 0.418 e. The number of alkyl halides is 3. The molecule has 0 aliphatic carbocycles. The fourth-order valence-electron chi connectivity index (χ4n) is 5.59. The first-order chi connectivity index (χ1) is 24.2. The molecule has 2 aromatic heterocycles. The van der Waals surface area contributed by atoms with Crippen molar-refractivity contribution in [3.63, 3.8) is 0 Å². The van der Waals surface area contributed by atoms with Crippen molar-refractivity contribution in [1.82, 2.24) is 25.2 Å². The fraction of sp³-hybridized carbons (Fsp3) is 0.514. The molecule has 0 bridgehead atoms. The van der Waals surface area contributed by atoms with Gasteiger partial charge in [0.1, 0.15) is 22.9 Å². The van der Waals surface area contributed by atoms with Gasteiger partial charge in [0.15, 0.2) is 6.10 Å². The molecule has 0 aliphatic rings. The highest BCUT2D eigenvalue weighted by molar-refractivity contribution is 6.12. The van der Waals surface area contributed by atoms with Crippen molar-refractivity contribution in [3.05, 3.63) is 65.0 Å². The minimum atomic E-state index is -4.56. The number of carbonyl (C=O) groups is 2. The second kappa shape index (κ2) is 17.7. The molecule has 1 unspecified atom stereocenters. The molecule has 14 heteroatoms. The van der Waals surface area contributed by atoms with E-state index in [9.17, 15) is 22.8 Å². The largest absolute Gasteiger partial charge is 0.465 e. The predicted octanol–water partition coefficient (Wildman–Crippen LogP) is 7.56. The SMILES string of the molecule is CCCCOC(c1cccc(Cc2nc(NCCCN(C)CCCNC(=O)OC(C)(C)C)c3c(n2)[nH]c2cc(C(=O)OC)ccc23)c1)C(F)(F)F. The first kappa shape index (κ1) is 39.4. The predicted molar refractivity (Wildman–Crippen MR) is 191 cm³/mol. The van der Waals surface area contributed by atoms with Crippen LogP contribution in [0.2, 0.25) is 0 Å². The Hall–Kier alpha value is -4.43. The number of nitrogens with zero attached hydrogens (tertiary/aromatic N) is 3. The van der Waals surface area contributed by atoms with Gasteiger partial charge in [-0.05, 0) is 83.4 Å².